The number of piperazine rings is 1. The van der Waals surface area contributed by atoms with E-state index in [0.717, 1.165) is 68.8 Å². The Hall–Kier alpha value is -2.86. The minimum atomic E-state index is 0.0255. The van der Waals surface area contributed by atoms with Crippen molar-refractivity contribution in [2.24, 2.45) is 5.92 Å². The van der Waals surface area contributed by atoms with Crippen molar-refractivity contribution in [3.05, 3.63) is 59.2 Å². The zero-order valence-corrected chi connectivity index (χ0v) is 19.7. The topological polar surface area (TPSA) is 55.9 Å². The van der Waals surface area contributed by atoms with Crippen LogP contribution in [0.4, 0.5) is 11.4 Å². The number of rotatable bonds is 5. The van der Waals surface area contributed by atoms with Gasteiger partial charge in [0.05, 0.1) is 17.3 Å². The Labute approximate surface area is 196 Å². The van der Waals surface area contributed by atoms with E-state index in [1.807, 2.05) is 23.1 Å². The fourth-order valence-electron chi connectivity index (χ4n) is 4.99. The largest absolute Gasteiger partial charge is 0.371 e. The molecule has 0 unspecified atom stereocenters. The van der Waals surface area contributed by atoms with Crippen molar-refractivity contribution >= 4 is 23.2 Å². The molecule has 0 aromatic heterocycles. The third kappa shape index (κ3) is 4.76. The molecule has 0 bridgehead atoms. The van der Waals surface area contributed by atoms with Crippen molar-refractivity contribution in [2.75, 3.05) is 50.0 Å². The van der Waals surface area contributed by atoms with Crippen molar-refractivity contribution in [3.8, 4) is 0 Å². The second-order valence-electron chi connectivity index (χ2n) is 9.88. The summed E-state index contributed by atoms with van der Waals surface area (Å²) < 4.78 is 0. The van der Waals surface area contributed by atoms with Gasteiger partial charge in [-0.1, -0.05) is 29.8 Å². The van der Waals surface area contributed by atoms with Gasteiger partial charge in [0.2, 0.25) is 5.91 Å². The molecule has 0 spiro atoms. The lowest BCUT2D eigenvalue weighted by atomic mass is 9.99. The predicted molar refractivity (Wildman–Crippen MR) is 132 cm³/mol. The summed E-state index contributed by atoms with van der Waals surface area (Å²) in [7, 11) is 2.12. The number of anilines is 2. The molecule has 5 rings (SSSR count). The molecular formula is C27H34N4O2. The summed E-state index contributed by atoms with van der Waals surface area (Å²) in [5.41, 5.74) is 4.88. The Morgan fingerprint density at radius 1 is 0.939 bits per heavy atom. The lowest BCUT2D eigenvalue weighted by molar-refractivity contribution is -0.117. The van der Waals surface area contributed by atoms with E-state index in [4.69, 9.17) is 0 Å². The minimum absolute atomic E-state index is 0.0255. The molecule has 1 saturated carbocycles. The Morgan fingerprint density at radius 3 is 2.36 bits per heavy atom. The standard InChI is InChI=1S/C27H34N4O2/c1-19-5-7-20(8-6-19)25-18-29(2)15-16-31(25)27(33)23-12-11-22(28-26(32)21-9-10-21)17-24(23)30-13-3-4-14-30/h5-8,11-12,17,21,25H,3-4,9-10,13-16,18H2,1-2H3,(H,28,32)/t25-/m1/s1. The molecule has 2 saturated heterocycles. The van der Waals surface area contributed by atoms with Crippen LogP contribution in [0.1, 0.15) is 53.2 Å². The van der Waals surface area contributed by atoms with Gasteiger partial charge in [-0.25, -0.2) is 0 Å². The SMILES string of the molecule is Cc1ccc([C@H]2CN(C)CCN2C(=O)c2ccc(NC(=O)C3CC3)cc2N2CCCC2)cc1. The molecular weight excluding hydrogens is 412 g/mol. The van der Waals surface area contributed by atoms with Gasteiger partial charge in [-0.2, -0.15) is 0 Å². The van der Waals surface area contributed by atoms with E-state index in [0.29, 0.717) is 6.54 Å². The summed E-state index contributed by atoms with van der Waals surface area (Å²) >= 11 is 0. The summed E-state index contributed by atoms with van der Waals surface area (Å²) in [5.74, 6) is 0.331. The van der Waals surface area contributed by atoms with Gasteiger partial charge >= 0.3 is 0 Å². The predicted octanol–water partition coefficient (Wildman–Crippen LogP) is 4.07. The lowest BCUT2D eigenvalue weighted by Gasteiger charge is -2.41. The number of carbonyl (C=O) groups excluding carboxylic acids is 2. The van der Waals surface area contributed by atoms with Crippen LogP contribution in [0.3, 0.4) is 0 Å². The van der Waals surface area contributed by atoms with E-state index in [9.17, 15) is 9.59 Å². The highest BCUT2D eigenvalue weighted by atomic mass is 16.2. The van der Waals surface area contributed by atoms with E-state index in [1.54, 1.807) is 0 Å². The molecule has 1 N–H and O–H groups in total. The summed E-state index contributed by atoms with van der Waals surface area (Å²) in [5, 5.41) is 3.06. The van der Waals surface area contributed by atoms with Crippen LogP contribution in [0.2, 0.25) is 0 Å². The molecule has 2 heterocycles. The van der Waals surface area contributed by atoms with Crippen molar-refractivity contribution in [3.63, 3.8) is 0 Å². The first-order chi connectivity index (χ1) is 16.0. The quantitative estimate of drug-likeness (QED) is 0.752. The molecule has 1 aliphatic carbocycles. The summed E-state index contributed by atoms with van der Waals surface area (Å²) in [4.78, 5) is 32.9. The van der Waals surface area contributed by atoms with Crippen molar-refractivity contribution < 1.29 is 9.59 Å². The maximum absolute atomic E-state index is 14.0. The zero-order chi connectivity index (χ0) is 22.9. The smallest absolute Gasteiger partial charge is 0.256 e. The van der Waals surface area contributed by atoms with Crippen LogP contribution in [0.25, 0.3) is 0 Å². The normalized spacial score (nSPS) is 21.3. The number of nitrogens with zero attached hydrogens (tertiary/aromatic N) is 3. The number of benzene rings is 2. The van der Waals surface area contributed by atoms with Crippen molar-refractivity contribution in [2.45, 2.75) is 38.6 Å². The molecule has 3 fully saturated rings. The first-order valence-electron chi connectivity index (χ1n) is 12.3. The van der Waals surface area contributed by atoms with E-state index >= 15 is 0 Å². The molecule has 6 heteroatoms. The Balaban J connectivity index is 1.46. The number of likely N-dealkylation sites (N-methyl/N-ethyl adjacent to an activating group) is 1. The molecule has 6 nitrogen and oxygen atoms in total. The second kappa shape index (κ2) is 9.18. The maximum Gasteiger partial charge on any atom is 0.256 e. The molecule has 2 aromatic carbocycles. The molecule has 2 amide bonds. The van der Waals surface area contributed by atoms with Gasteiger partial charge in [0.1, 0.15) is 0 Å². The van der Waals surface area contributed by atoms with Crippen LogP contribution in [0, 0.1) is 12.8 Å². The van der Waals surface area contributed by atoms with Crippen LogP contribution in [-0.2, 0) is 4.79 Å². The molecule has 174 valence electrons. The van der Waals surface area contributed by atoms with Gasteiger partial charge in [-0.05, 0) is 63.4 Å². The summed E-state index contributed by atoms with van der Waals surface area (Å²) in [6, 6.07) is 14.4. The highest BCUT2D eigenvalue weighted by molar-refractivity contribution is 6.02. The maximum atomic E-state index is 14.0. The monoisotopic (exact) mass is 446 g/mol. The average Bonchev–Trinajstić information content (AvgIpc) is 3.53. The third-order valence-corrected chi connectivity index (χ3v) is 7.20. The fourth-order valence-corrected chi connectivity index (χ4v) is 4.99. The van der Waals surface area contributed by atoms with E-state index < -0.39 is 0 Å². The van der Waals surface area contributed by atoms with Crippen LogP contribution in [0.15, 0.2) is 42.5 Å². The highest BCUT2D eigenvalue weighted by Gasteiger charge is 2.33. The Morgan fingerprint density at radius 2 is 1.67 bits per heavy atom. The van der Waals surface area contributed by atoms with Crippen LogP contribution in [0.5, 0.6) is 0 Å². The highest BCUT2D eigenvalue weighted by Crippen LogP contribution is 2.34. The Bertz CT molecular complexity index is 1020. The van der Waals surface area contributed by atoms with Crippen LogP contribution >= 0.6 is 0 Å². The van der Waals surface area contributed by atoms with E-state index in [2.05, 4.69) is 53.4 Å². The van der Waals surface area contributed by atoms with E-state index in [-0.39, 0.29) is 23.8 Å². The molecule has 33 heavy (non-hydrogen) atoms. The van der Waals surface area contributed by atoms with Crippen molar-refractivity contribution in [1.82, 2.24) is 9.80 Å². The van der Waals surface area contributed by atoms with Gasteiger partial charge in [0.25, 0.3) is 5.91 Å². The van der Waals surface area contributed by atoms with Gasteiger partial charge in [-0.3, -0.25) is 9.59 Å². The number of carbonyl (C=O) groups is 2. The van der Waals surface area contributed by atoms with Crippen LogP contribution < -0.4 is 10.2 Å². The van der Waals surface area contributed by atoms with Gasteiger partial charge in [0, 0.05) is 44.3 Å². The second-order valence-corrected chi connectivity index (χ2v) is 9.88. The third-order valence-electron chi connectivity index (χ3n) is 7.20. The van der Waals surface area contributed by atoms with E-state index in [1.165, 1.54) is 11.1 Å². The first-order valence-corrected chi connectivity index (χ1v) is 12.3. The van der Waals surface area contributed by atoms with Gasteiger partial charge in [-0.15, -0.1) is 0 Å². The van der Waals surface area contributed by atoms with Gasteiger partial charge < -0.3 is 20.0 Å². The Kier molecular flexibility index (Phi) is 6.11. The van der Waals surface area contributed by atoms with Gasteiger partial charge in [0.15, 0.2) is 0 Å². The average molecular weight is 447 g/mol. The minimum Gasteiger partial charge on any atom is -0.371 e. The fraction of sp³-hybridized carbons (Fsp3) is 0.481. The van der Waals surface area contributed by atoms with Crippen molar-refractivity contribution in [1.29, 1.82) is 0 Å². The number of hydrogen-bond acceptors (Lipinski definition) is 4. The van der Waals surface area contributed by atoms with Crippen LogP contribution in [-0.4, -0.2) is 61.4 Å². The molecule has 0 radical (unpaired) electrons. The lowest BCUT2D eigenvalue weighted by Crippen LogP contribution is -2.49. The number of amides is 2. The molecule has 3 aliphatic rings. The summed E-state index contributed by atoms with van der Waals surface area (Å²) in [6.07, 6.45) is 4.22. The molecule has 1 atom stereocenters. The first kappa shape index (κ1) is 22.0. The number of nitrogens with one attached hydrogen (secondary N) is 1. The summed E-state index contributed by atoms with van der Waals surface area (Å²) in [6.45, 7) is 6.37. The molecule has 2 aliphatic heterocycles. The molecule has 2 aromatic rings. The zero-order valence-electron chi connectivity index (χ0n) is 19.7. The number of aryl methyl sites for hydroxylation is 1. The number of hydrogen-bond donors (Lipinski definition) is 1.